The number of carbonyl (C=O) groups excluding carboxylic acids is 1. The van der Waals surface area contributed by atoms with Crippen LogP contribution in [0.1, 0.15) is 26.2 Å². The molecule has 0 fully saturated rings. The first kappa shape index (κ1) is 10.6. The molecule has 0 spiro atoms. The Kier molecular flexibility index (Phi) is 6.07. The third kappa shape index (κ3) is 7.49. The van der Waals surface area contributed by atoms with Crippen LogP contribution in [0, 0.1) is 0 Å². The molecule has 0 rings (SSSR count). The van der Waals surface area contributed by atoms with E-state index in [0.29, 0.717) is 6.42 Å². The molecular weight excluding hydrogens is 142 g/mol. The first-order chi connectivity index (χ1) is 5.16. The number of hydrogen-bond acceptors (Lipinski definition) is 3. The molecule has 0 aliphatic heterocycles. The lowest BCUT2D eigenvalue weighted by molar-refractivity contribution is -0.122. The molecule has 0 aromatic carbocycles. The van der Waals surface area contributed by atoms with E-state index < -0.39 is 0 Å². The van der Waals surface area contributed by atoms with Crippen LogP contribution in [0.5, 0.6) is 0 Å². The Labute approximate surface area is 67.9 Å². The zero-order chi connectivity index (χ0) is 8.69. The molecule has 0 saturated carbocycles. The van der Waals surface area contributed by atoms with Crippen molar-refractivity contribution >= 4 is 5.78 Å². The Morgan fingerprint density at radius 2 is 2.27 bits per heavy atom. The third-order valence-electron chi connectivity index (χ3n) is 1.42. The highest BCUT2D eigenvalue weighted by molar-refractivity contribution is 5.79. The van der Waals surface area contributed by atoms with Gasteiger partial charge in [-0.2, -0.15) is 0 Å². The van der Waals surface area contributed by atoms with Gasteiger partial charge in [-0.1, -0.05) is 0 Å². The van der Waals surface area contributed by atoms with E-state index in [1.54, 1.807) is 0 Å². The highest BCUT2D eigenvalue weighted by Gasteiger charge is 2.01. The minimum atomic E-state index is 0.160. The molecule has 66 valence electrons. The van der Waals surface area contributed by atoms with Crippen molar-refractivity contribution in [3.05, 3.63) is 0 Å². The summed E-state index contributed by atoms with van der Waals surface area (Å²) in [4.78, 5) is 10.9. The van der Waals surface area contributed by atoms with Crippen LogP contribution < -0.4 is 5.73 Å². The minimum Gasteiger partial charge on any atom is -0.377 e. The highest BCUT2D eigenvalue weighted by atomic mass is 16.5. The summed E-state index contributed by atoms with van der Waals surface area (Å²) < 4.78 is 4.68. The quantitative estimate of drug-likeness (QED) is 0.621. The van der Waals surface area contributed by atoms with E-state index in [2.05, 4.69) is 4.74 Å². The average Bonchev–Trinajstić information content (AvgIpc) is 1.87. The van der Waals surface area contributed by atoms with Gasteiger partial charge in [-0.05, 0) is 19.8 Å². The van der Waals surface area contributed by atoms with Crippen LogP contribution in [-0.2, 0) is 9.53 Å². The zero-order valence-corrected chi connectivity index (χ0v) is 7.30. The minimum absolute atomic E-state index is 0.160. The standard InChI is InChI=1S/C8H17NO2/c1-7(9)4-3-5-8(10)6-11-2/h7H,3-6,9H2,1-2H3. The summed E-state index contributed by atoms with van der Waals surface area (Å²) in [5.74, 6) is 0.160. The van der Waals surface area contributed by atoms with Gasteiger partial charge in [-0.25, -0.2) is 0 Å². The summed E-state index contributed by atoms with van der Waals surface area (Å²) in [7, 11) is 1.53. The lowest BCUT2D eigenvalue weighted by Crippen LogP contribution is -2.15. The SMILES string of the molecule is COCC(=O)CCCC(C)N. The summed E-state index contributed by atoms with van der Waals surface area (Å²) in [5, 5.41) is 0. The van der Waals surface area contributed by atoms with Gasteiger partial charge in [0, 0.05) is 19.6 Å². The van der Waals surface area contributed by atoms with E-state index in [4.69, 9.17) is 5.73 Å². The number of nitrogens with two attached hydrogens (primary N) is 1. The van der Waals surface area contributed by atoms with Crippen LogP contribution in [0.25, 0.3) is 0 Å². The molecule has 1 unspecified atom stereocenters. The van der Waals surface area contributed by atoms with Crippen molar-refractivity contribution in [2.75, 3.05) is 13.7 Å². The van der Waals surface area contributed by atoms with Crippen LogP contribution in [0.2, 0.25) is 0 Å². The number of Topliss-reactive ketones (excluding diaryl/α,β-unsaturated/α-hetero) is 1. The second-order valence-electron chi connectivity index (χ2n) is 2.84. The molecule has 0 amide bonds. The summed E-state index contributed by atoms with van der Waals surface area (Å²) in [5.41, 5.74) is 5.51. The molecule has 3 heteroatoms. The Balaban J connectivity index is 3.17. The number of carbonyl (C=O) groups is 1. The van der Waals surface area contributed by atoms with Gasteiger partial charge in [-0.15, -0.1) is 0 Å². The molecule has 0 aromatic heterocycles. The van der Waals surface area contributed by atoms with E-state index >= 15 is 0 Å². The third-order valence-corrected chi connectivity index (χ3v) is 1.42. The maximum Gasteiger partial charge on any atom is 0.158 e. The predicted octanol–water partition coefficient (Wildman–Crippen LogP) is 0.719. The number of rotatable bonds is 6. The normalized spacial score (nSPS) is 13.0. The Morgan fingerprint density at radius 3 is 2.73 bits per heavy atom. The summed E-state index contributed by atoms with van der Waals surface area (Å²) in [6, 6.07) is 0.199. The van der Waals surface area contributed by atoms with Crippen LogP contribution >= 0.6 is 0 Å². The van der Waals surface area contributed by atoms with E-state index in [0.717, 1.165) is 12.8 Å². The van der Waals surface area contributed by atoms with Crippen molar-refractivity contribution in [3.8, 4) is 0 Å². The Bertz CT molecular complexity index is 113. The fourth-order valence-corrected chi connectivity index (χ4v) is 0.854. The molecule has 0 aliphatic rings. The predicted molar refractivity (Wildman–Crippen MR) is 44.4 cm³/mol. The van der Waals surface area contributed by atoms with Crippen molar-refractivity contribution in [1.29, 1.82) is 0 Å². The maximum atomic E-state index is 10.9. The van der Waals surface area contributed by atoms with Gasteiger partial charge >= 0.3 is 0 Å². The van der Waals surface area contributed by atoms with Gasteiger partial charge < -0.3 is 10.5 Å². The van der Waals surface area contributed by atoms with Crippen molar-refractivity contribution in [1.82, 2.24) is 0 Å². The molecule has 3 nitrogen and oxygen atoms in total. The van der Waals surface area contributed by atoms with E-state index in [-0.39, 0.29) is 18.4 Å². The highest BCUT2D eigenvalue weighted by Crippen LogP contribution is 1.98. The van der Waals surface area contributed by atoms with Crippen LogP contribution in [0.4, 0.5) is 0 Å². The maximum absolute atomic E-state index is 10.9. The first-order valence-corrected chi connectivity index (χ1v) is 3.93. The lowest BCUT2D eigenvalue weighted by atomic mass is 10.1. The van der Waals surface area contributed by atoms with Gasteiger partial charge in [0.1, 0.15) is 6.61 Å². The van der Waals surface area contributed by atoms with E-state index in [1.807, 2.05) is 6.92 Å². The van der Waals surface area contributed by atoms with Crippen LogP contribution in [-0.4, -0.2) is 25.5 Å². The molecule has 1 atom stereocenters. The van der Waals surface area contributed by atoms with E-state index in [1.165, 1.54) is 7.11 Å². The van der Waals surface area contributed by atoms with Crippen molar-refractivity contribution in [3.63, 3.8) is 0 Å². The second-order valence-corrected chi connectivity index (χ2v) is 2.84. The van der Waals surface area contributed by atoms with Gasteiger partial charge in [0.25, 0.3) is 0 Å². The molecule has 0 radical (unpaired) electrons. The van der Waals surface area contributed by atoms with Crippen LogP contribution in [0.3, 0.4) is 0 Å². The smallest absolute Gasteiger partial charge is 0.158 e. The molecule has 0 aromatic rings. The summed E-state index contributed by atoms with van der Waals surface area (Å²) in [6.45, 7) is 2.18. The van der Waals surface area contributed by atoms with Gasteiger partial charge in [0.2, 0.25) is 0 Å². The number of ether oxygens (including phenoxy) is 1. The fourth-order valence-electron chi connectivity index (χ4n) is 0.854. The molecule has 11 heavy (non-hydrogen) atoms. The number of ketones is 1. The van der Waals surface area contributed by atoms with Gasteiger partial charge in [0.15, 0.2) is 5.78 Å². The van der Waals surface area contributed by atoms with Crippen molar-refractivity contribution in [2.45, 2.75) is 32.2 Å². The first-order valence-electron chi connectivity index (χ1n) is 3.93. The molecule has 0 heterocycles. The largest absolute Gasteiger partial charge is 0.377 e. The Hall–Kier alpha value is -0.410. The number of hydrogen-bond donors (Lipinski definition) is 1. The second kappa shape index (κ2) is 6.31. The molecule has 2 N–H and O–H groups in total. The van der Waals surface area contributed by atoms with Crippen LogP contribution in [0.15, 0.2) is 0 Å². The summed E-state index contributed by atoms with van der Waals surface area (Å²) >= 11 is 0. The Morgan fingerprint density at radius 1 is 1.64 bits per heavy atom. The topological polar surface area (TPSA) is 52.3 Å². The molecule has 0 bridgehead atoms. The monoisotopic (exact) mass is 159 g/mol. The van der Waals surface area contributed by atoms with Gasteiger partial charge in [0.05, 0.1) is 0 Å². The zero-order valence-electron chi connectivity index (χ0n) is 7.30. The molecular formula is C8H17NO2. The summed E-state index contributed by atoms with van der Waals surface area (Å²) in [6.07, 6.45) is 2.38. The van der Waals surface area contributed by atoms with Crippen molar-refractivity contribution < 1.29 is 9.53 Å². The van der Waals surface area contributed by atoms with E-state index in [9.17, 15) is 4.79 Å². The van der Waals surface area contributed by atoms with Gasteiger partial charge in [-0.3, -0.25) is 4.79 Å². The number of methoxy groups -OCH3 is 1. The van der Waals surface area contributed by atoms with Crippen molar-refractivity contribution in [2.24, 2.45) is 5.73 Å². The lowest BCUT2D eigenvalue weighted by Gasteiger charge is -2.02. The fraction of sp³-hybridized carbons (Fsp3) is 0.875. The molecule has 0 saturated heterocycles. The molecule has 0 aliphatic carbocycles. The average molecular weight is 159 g/mol.